The smallest absolute Gasteiger partial charge is 0.340 e. The Bertz CT molecular complexity index is 1520. The quantitative estimate of drug-likeness (QED) is 0.283. The normalized spacial score (nSPS) is 12.4. The minimum absolute atomic E-state index is 0.264. The van der Waals surface area contributed by atoms with Gasteiger partial charge in [-0.15, -0.1) is 0 Å². The van der Waals surface area contributed by atoms with Gasteiger partial charge in [0.15, 0.2) is 9.84 Å². The number of fused-ring (bicyclic) bond motifs is 1. The zero-order valence-corrected chi connectivity index (χ0v) is 19.3. The molecule has 0 unspecified atom stereocenters. The number of hydrogen-bond donors (Lipinski definition) is 1. The number of sulfone groups is 1. The molecule has 0 radical (unpaired) electrons. The van der Waals surface area contributed by atoms with Crippen LogP contribution in [-0.4, -0.2) is 18.4 Å². The van der Waals surface area contributed by atoms with Crippen LogP contribution in [0.5, 0.6) is 0 Å². The minimum Gasteiger partial charge on any atom is -0.340 e. The Kier molecular flexibility index (Phi) is 6.77. The summed E-state index contributed by atoms with van der Waals surface area (Å²) in [5, 5.41) is 5.22. The van der Waals surface area contributed by atoms with Crippen molar-refractivity contribution in [1.29, 1.82) is 0 Å². The van der Waals surface area contributed by atoms with Crippen LogP contribution in [0.25, 0.3) is 17.0 Å². The van der Waals surface area contributed by atoms with Gasteiger partial charge in [0.2, 0.25) is 0 Å². The second-order valence-electron chi connectivity index (χ2n) is 7.55. The summed E-state index contributed by atoms with van der Waals surface area (Å²) in [5.74, 6) is -0.990. The van der Waals surface area contributed by atoms with Crippen LogP contribution in [0, 0.1) is 5.82 Å². The molecule has 0 bridgehead atoms. The molecule has 3 aromatic carbocycles. The maximum Gasteiger partial charge on any atom is 0.416 e. The Labute approximate surface area is 203 Å². The van der Waals surface area contributed by atoms with E-state index in [0.717, 1.165) is 22.9 Å². The third-order valence-corrected chi connectivity index (χ3v) is 6.49. The Morgan fingerprint density at radius 2 is 1.71 bits per heavy atom. The summed E-state index contributed by atoms with van der Waals surface area (Å²) in [6, 6.07) is 13.7. The van der Waals surface area contributed by atoms with Crippen molar-refractivity contribution >= 4 is 49.9 Å². The highest BCUT2D eigenvalue weighted by atomic mass is 35.5. The van der Waals surface area contributed by atoms with Gasteiger partial charge < -0.3 is 5.32 Å². The Morgan fingerprint density at radius 3 is 2.40 bits per heavy atom. The molecule has 0 amide bonds. The molecule has 0 spiro atoms. The number of hydrogen-bond acceptors (Lipinski definition) is 5. The highest BCUT2D eigenvalue weighted by Gasteiger charge is 2.31. The van der Waals surface area contributed by atoms with Crippen LogP contribution in [0.1, 0.15) is 16.7 Å². The molecule has 0 aliphatic carbocycles. The van der Waals surface area contributed by atoms with Gasteiger partial charge in [0.1, 0.15) is 18.0 Å². The van der Waals surface area contributed by atoms with E-state index in [1.807, 2.05) is 0 Å². The van der Waals surface area contributed by atoms with E-state index in [-0.39, 0.29) is 11.3 Å². The van der Waals surface area contributed by atoms with E-state index >= 15 is 0 Å². The fourth-order valence-corrected chi connectivity index (χ4v) is 4.52. The average molecular weight is 522 g/mol. The van der Waals surface area contributed by atoms with Crippen LogP contribution < -0.4 is 5.32 Å². The zero-order chi connectivity index (χ0) is 25.2. The first-order valence-corrected chi connectivity index (χ1v) is 12.1. The van der Waals surface area contributed by atoms with Gasteiger partial charge in [0.25, 0.3) is 0 Å². The lowest BCUT2D eigenvalue weighted by Gasteiger charge is -2.09. The number of alkyl halides is 3. The molecule has 1 aromatic heterocycles. The molecule has 0 atom stereocenters. The van der Waals surface area contributed by atoms with Crippen LogP contribution in [0.3, 0.4) is 0 Å². The topological polar surface area (TPSA) is 72.0 Å². The number of nitrogens with one attached hydrogen (secondary N) is 1. The van der Waals surface area contributed by atoms with E-state index in [9.17, 15) is 26.0 Å². The molecular weight excluding hydrogens is 506 g/mol. The van der Waals surface area contributed by atoms with Crippen LogP contribution >= 0.6 is 11.6 Å². The molecule has 4 aromatic rings. The molecule has 0 saturated heterocycles. The summed E-state index contributed by atoms with van der Waals surface area (Å²) < 4.78 is 76.8. The van der Waals surface area contributed by atoms with Gasteiger partial charge in [-0.2, -0.15) is 13.2 Å². The molecular formula is C24H16ClF4N3O2S. The standard InChI is InChI=1S/C24H16ClF4N3O2S/c25-18-5-8-20-22(12-18)30-14-31-23(20)32-19-6-1-15(2-7-19)13-35(33,34)10-9-16-3-4-17(11-21(16)26)24(27,28)29/h1-12,14H,13H2,(H,30,31,32)/b10-9+. The zero-order valence-electron chi connectivity index (χ0n) is 17.7. The van der Waals surface area contributed by atoms with E-state index < -0.39 is 27.4 Å². The van der Waals surface area contributed by atoms with Crippen LogP contribution in [0.4, 0.5) is 29.1 Å². The van der Waals surface area contributed by atoms with Crippen LogP contribution in [0.2, 0.25) is 5.02 Å². The first-order valence-electron chi connectivity index (χ1n) is 10.0. The van der Waals surface area contributed by atoms with Crippen molar-refractivity contribution in [1.82, 2.24) is 9.97 Å². The van der Waals surface area contributed by atoms with Gasteiger partial charge in [-0.1, -0.05) is 29.8 Å². The number of halogens is 5. The maximum absolute atomic E-state index is 14.0. The number of rotatable bonds is 6. The number of nitrogens with zero attached hydrogens (tertiary/aromatic N) is 2. The van der Waals surface area contributed by atoms with Gasteiger partial charge in [-0.25, -0.2) is 22.8 Å². The predicted molar refractivity (Wildman–Crippen MR) is 127 cm³/mol. The SMILES string of the molecule is O=S(=O)(/C=C/c1ccc(C(F)(F)F)cc1F)Cc1ccc(Nc2ncnc3cc(Cl)ccc23)cc1. The fraction of sp³-hybridized carbons (Fsp3) is 0.0833. The van der Waals surface area contributed by atoms with Crippen molar-refractivity contribution in [3.63, 3.8) is 0 Å². The summed E-state index contributed by atoms with van der Waals surface area (Å²) in [7, 11) is -3.82. The number of benzene rings is 3. The van der Waals surface area contributed by atoms with E-state index in [4.69, 9.17) is 11.6 Å². The summed E-state index contributed by atoms with van der Waals surface area (Å²) in [6.07, 6.45) is -2.36. The molecule has 35 heavy (non-hydrogen) atoms. The Balaban J connectivity index is 1.46. The summed E-state index contributed by atoms with van der Waals surface area (Å²) in [6.45, 7) is 0. The second kappa shape index (κ2) is 9.63. The molecule has 0 saturated carbocycles. The molecule has 1 heterocycles. The molecule has 4 rings (SSSR count). The van der Waals surface area contributed by atoms with Gasteiger partial charge in [0.05, 0.1) is 16.8 Å². The second-order valence-corrected chi connectivity index (χ2v) is 9.87. The van der Waals surface area contributed by atoms with Crippen molar-refractivity contribution < 1.29 is 26.0 Å². The van der Waals surface area contributed by atoms with Crippen molar-refractivity contribution in [2.24, 2.45) is 0 Å². The summed E-state index contributed by atoms with van der Waals surface area (Å²) >= 11 is 5.99. The fourth-order valence-electron chi connectivity index (χ4n) is 3.25. The van der Waals surface area contributed by atoms with Gasteiger partial charge >= 0.3 is 6.18 Å². The van der Waals surface area contributed by atoms with Crippen molar-refractivity contribution in [2.75, 3.05) is 5.32 Å². The van der Waals surface area contributed by atoms with Crippen LogP contribution in [0.15, 0.2) is 72.4 Å². The lowest BCUT2D eigenvalue weighted by molar-refractivity contribution is -0.137. The Morgan fingerprint density at radius 1 is 0.971 bits per heavy atom. The van der Waals surface area contributed by atoms with E-state index in [1.54, 1.807) is 42.5 Å². The Hall–Kier alpha value is -3.50. The van der Waals surface area contributed by atoms with Gasteiger partial charge in [-0.3, -0.25) is 0 Å². The van der Waals surface area contributed by atoms with Crippen molar-refractivity contribution in [3.05, 3.63) is 99.9 Å². The first-order chi connectivity index (χ1) is 16.5. The predicted octanol–water partition coefficient (Wildman–Crippen LogP) is 6.77. The molecule has 0 fully saturated rings. The third kappa shape index (κ3) is 6.14. The van der Waals surface area contributed by atoms with Crippen LogP contribution in [-0.2, 0) is 21.8 Å². The molecule has 180 valence electrons. The van der Waals surface area contributed by atoms with Gasteiger partial charge in [0, 0.05) is 27.1 Å². The lowest BCUT2D eigenvalue weighted by Crippen LogP contribution is -2.05. The maximum atomic E-state index is 14.0. The highest BCUT2D eigenvalue weighted by molar-refractivity contribution is 7.93. The number of aromatic nitrogens is 2. The average Bonchev–Trinajstić information content (AvgIpc) is 2.78. The van der Waals surface area contributed by atoms with Crippen molar-refractivity contribution in [2.45, 2.75) is 11.9 Å². The molecule has 0 aliphatic rings. The molecule has 0 aliphatic heterocycles. The van der Waals surface area contributed by atoms with E-state index in [1.165, 1.54) is 6.33 Å². The molecule has 11 heteroatoms. The first kappa shape index (κ1) is 24.6. The van der Waals surface area contributed by atoms with E-state index in [2.05, 4.69) is 15.3 Å². The summed E-state index contributed by atoms with van der Waals surface area (Å²) in [4.78, 5) is 8.41. The summed E-state index contributed by atoms with van der Waals surface area (Å²) in [5.41, 5.74) is 0.367. The largest absolute Gasteiger partial charge is 0.416 e. The molecule has 5 nitrogen and oxygen atoms in total. The highest BCUT2D eigenvalue weighted by Crippen LogP contribution is 2.30. The van der Waals surface area contributed by atoms with E-state index in [0.29, 0.717) is 39.7 Å². The monoisotopic (exact) mass is 521 g/mol. The van der Waals surface area contributed by atoms with Crippen molar-refractivity contribution in [3.8, 4) is 0 Å². The van der Waals surface area contributed by atoms with Gasteiger partial charge in [-0.05, 0) is 54.1 Å². The number of anilines is 2. The minimum atomic E-state index is -4.69. The molecule has 1 N–H and O–H groups in total. The lowest BCUT2D eigenvalue weighted by atomic mass is 10.1. The third-order valence-electron chi connectivity index (χ3n) is 4.97.